The van der Waals surface area contributed by atoms with Crippen LogP contribution in [0.25, 0.3) is 0 Å². The van der Waals surface area contributed by atoms with Gasteiger partial charge in [-0.15, -0.1) is 0 Å². The summed E-state index contributed by atoms with van der Waals surface area (Å²) in [5.74, 6) is -2.90. The minimum Gasteiger partial charge on any atom is -0.464 e. The summed E-state index contributed by atoms with van der Waals surface area (Å²) in [6, 6.07) is 6.49. The fourth-order valence-corrected chi connectivity index (χ4v) is 3.54. The highest BCUT2D eigenvalue weighted by molar-refractivity contribution is 7.91. The van der Waals surface area contributed by atoms with Crippen molar-refractivity contribution < 1.29 is 37.0 Å². The van der Waals surface area contributed by atoms with Crippen LogP contribution in [0.15, 0.2) is 41.3 Å². The molecule has 8 nitrogen and oxygen atoms in total. The smallest absolute Gasteiger partial charge is 0.344 e. The number of ether oxygens (including phenoxy) is 3. The van der Waals surface area contributed by atoms with Gasteiger partial charge in [0.2, 0.25) is 0 Å². The standard InChI is InChI=1S/C20H26O8S/c1-14-8-6-7-9-16(14)29(24,25)11-10-26-17(21)12-15(2)19(23)27-13-18(22)28-20(3,4)5/h6-9H,2,10-13H2,1,3-5H3. The highest BCUT2D eigenvalue weighted by Crippen LogP contribution is 2.16. The van der Waals surface area contributed by atoms with Crippen LogP contribution in [0.1, 0.15) is 32.8 Å². The van der Waals surface area contributed by atoms with E-state index < -0.39 is 46.4 Å². The summed E-state index contributed by atoms with van der Waals surface area (Å²) in [5.41, 5.74) is -0.344. The summed E-state index contributed by atoms with van der Waals surface area (Å²) in [7, 11) is -3.61. The van der Waals surface area contributed by atoms with Crippen molar-refractivity contribution in [1.82, 2.24) is 0 Å². The number of hydrogen-bond donors (Lipinski definition) is 0. The SMILES string of the molecule is C=C(CC(=O)OCCS(=O)(=O)c1ccccc1C)C(=O)OCC(=O)OC(C)(C)C. The van der Waals surface area contributed by atoms with Crippen LogP contribution >= 0.6 is 0 Å². The molecule has 0 unspecified atom stereocenters. The van der Waals surface area contributed by atoms with E-state index in [9.17, 15) is 22.8 Å². The van der Waals surface area contributed by atoms with Crippen LogP contribution in [-0.2, 0) is 38.4 Å². The van der Waals surface area contributed by atoms with Gasteiger partial charge in [-0.25, -0.2) is 18.0 Å². The molecule has 0 aromatic heterocycles. The first kappa shape index (κ1) is 24.4. The van der Waals surface area contributed by atoms with Crippen LogP contribution < -0.4 is 0 Å². The Morgan fingerprint density at radius 1 is 1.03 bits per heavy atom. The average Bonchev–Trinajstić information content (AvgIpc) is 2.58. The zero-order valence-corrected chi connectivity index (χ0v) is 17.8. The predicted molar refractivity (Wildman–Crippen MR) is 105 cm³/mol. The van der Waals surface area contributed by atoms with E-state index in [1.807, 2.05) is 0 Å². The molecule has 0 heterocycles. The minimum atomic E-state index is -3.61. The van der Waals surface area contributed by atoms with Gasteiger partial charge in [0.15, 0.2) is 16.4 Å². The van der Waals surface area contributed by atoms with Gasteiger partial charge in [-0.05, 0) is 39.3 Å². The van der Waals surface area contributed by atoms with Crippen molar-refractivity contribution in [1.29, 1.82) is 0 Å². The third-order valence-electron chi connectivity index (χ3n) is 3.43. The van der Waals surface area contributed by atoms with Crippen molar-refractivity contribution in [2.75, 3.05) is 19.0 Å². The van der Waals surface area contributed by atoms with Crippen molar-refractivity contribution in [3.63, 3.8) is 0 Å². The van der Waals surface area contributed by atoms with Crippen LogP contribution in [0.5, 0.6) is 0 Å². The van der Waals surface area contributed by atoms with E-state index in [2.05, 4.69) is 6.58 Å². The lowest BCUT2D eigenvalue weighted by atomic mass is 10.2. The summed E-state index contributed by atoms with van der Waals surface area (Å²) >= 11 is 0. The van der Waals surface area contributed by atoms with Crippen LogP contribution in [0.3, 0.4) is 0 Å². The maximum absolute atomic E-state index is 12.3. The Balaban J connectivity index is 2.42. The predicted octanol–water partition coefficient (Wildman–Crippen LogP) is 2.14. The first-order chi connectivity index (χ1) is 13.3. The first-order valence-electron chi connectivity index (χ1n) is 8.82. The van der Waals surface area contributed by atoms with Gasteiger partial charge in [-0.1, -0.05) is 24.8 Å². The van der Waals surface area contributed by atoms with Gasteiger partial charge in [0.1, 0.15) is 12.2 Å². The summed E-state index contributed by atoms with van der Waals surface area (Å²) in [5, 5.41) is 0. The Morgan fingerprint density at radius 2 is 1.66 bits per heavy atom. The van der Waals surface area contributed by atoms with Gasteiger partial charge in [-0.3, -0.25) is 4.79 Å². The van der Waals surface area contributed by atoms with E-state index in [0.29, 0.717) is 5.56 Å². The molecule has 0 aliphatic carbocycles. The maximum atomic E-state index is 12.3. The van der Waals surface area contributed by atoms with E-state index in [-0.39, 0.29) is 22.8 Å². The van der Waals surface area contributed by atoms with Gasteiger partial charge < -0.3 is 14.2 Å². The molecule has 0 saturated carbocycles. The Kier molecular flexibility index (Phi) is 8.57. The summed E-state index contributed by atoms with van der Waals surface area (Å²) < 4.78 is 39.2. The zero-order valence-electron chi connectivity index (χ0n) is 17.0. The number of carbonyl (C=O) groups excluding carboxylic acids is 3. The van der Waals surface area contributed by atoms with Crippen molar-refractivity contribution in [3.05, 3.63) is 42.0 Å². The lowest BCUT2D eigenvalue weighted by molar-refractivity contribution is -0.165. The Labute approximate surface area is 170 Å². The lowest BCUT2D eigenvalue weighted by Crippen LogP contribution is -2.27. The number of carbonyl (C=O) groups is 3. The molecule has 0 fully saturated rings. The van der Waals surface area contributed by atoms with Crippen LogP contribution in [0.2, 0.25) is 0 Å². The topological polar surface area (TPSA) is 113 Å². The van der Waals surface area contributed by atoms with E-state index in [4.69, 9.17) is 14.2 Å². The summed E-state index contributed by atoms with van der Waals surface area (Å²) in [4.78, 5) is 35.2. The highest BCUT2D eigenvalue weighted by atomic mass is 32.2. The molecule has 0 radical (unpaired) electrons. The van der Waals surface area contributed by atoms with Crippen LogP contribution in [0.4, 0.5) is 0 Å². The lowest BCUT2D eigenvalue weighted by Gasteiger charge is -2.19. The second-order valence-electron chi connectivity index (χ2n) is 7.25. The molecule has 0 atom stereocenters. The minimum absolute atomic E-state index is 0.172. The van der Waals surface area contributed by atoms with E-state index >= 15 is 0 Å². The molecule has 1 aromatic rings. The molecule has 0 aliphatic heterocycles. The highest BCUT2D eigenvalue weighted by Gasteiger charge is 2.21. The van der Waals surface area contributed by atoms with Crippen molar-refractivity contribution in [2.45, 2.75) is 44.6 Å². The van der Waals surface area contributed by atoms with Crippen LogP contribution in [0, 0.1) is 6.92 Å². The van der Waals surface area contributed by atoms with E-state index in [0.717, 1.165) is 0 Å². The molecule has 1 rings (SSSR count). The normalized spacial score (nSPS) is 11.4. The van der Waals surface area contributed by atoms with Gasteiger partial charge in [0, 0.05) is 5.57 Å². The Bertz CT molecular complexity index is 878. The summed E-state index contributed by atoms with van der Waals surface area (Å²) in [6.07, 6.45) is -0.489. The molecule has 0 bridgehead atoms. The second-order valence-corrected chi connectivity index (χ2v) is 9.33. The fourth-order valence-electron chi connectivity index (χ4n) is 2.18. The number of benzene rings is 1. The Morgan fingerprint density at radius 3 is 2.24 bits per heavy atom. The van der Waals surface area contributed by atoms with Gasteiger partial charge in [-0.2, -0.15) is 0 Å². The molecule has 9 heteroatoms. The number of esters is 3. The van der Waals surface area contributed by atoms with Crippen molar-refractivity contribution in [3.8, 4) is 0 Å². The molecule has 29 heavy (non-hydrogen) atoms. The molecule has 0 N–H and O–H groups in total. The number of aryl methyl sites for hydroxylation is 1. The number of hydrogen-bond acceptors (Lipinski definition) is 8. The third-order valence-corrected chi connectivity index (χ3v) is 5.26. The van der Waals surface area contributed by atoms with E-state index in [1.165, 1.54) is 6.07 Å². The molecular weight excluding hydrogens is 400 g/mol. The Hall–Kier alpha value is -2.68. The maximum Gasteiger partial charge on any atom is 0.344 e. The third kappa shape index (κ3) is 8.91. The van der Waals surface area contributed by atoms with E-state index in [1.54, 1.807) is 45.9 Å². The average molecular weight is 426 g/mol. The largest absolute Gasteiger partial charge is 0.464 e. The second kappa shape index (κ2) is 10.2. The van der Waals surface area contributed by atoms with Gasteiger partial charge >= 0.3 is 17.9 Å². The molecule has 0 spiro atoms. The molecule has 0 aliphatic rings. The first-order valence-corrected chi connectivity index (χ1v) is 10.5. The number of rotatable bonds is 9. The van der Waals surface area contributed by atoms with Crippen LogP contribution in [-0.4, -0.2) is 50.9 Å². The van der Waals surface area contributed by atoms with Crippen molar-refractivity contribution in [2.24, 2.45) is 0 Å². The summed E-state index contributed by atoms with van der Waals surface area (Å²) in [6.45, 7) is 9.12. The molecule has 0 saturated heterocycles. The van der Waals surface area contributed by atoms with Gasteiger partial charge in [0.05, 0.1) is 17.1 Å². The quantitative estimate of drug-likeness (QED) is 0.335. The van der Waals surface area contributed by atoms with Crippen molar-refractivity contribution >= 4 is 27.7 Å². The fraction of sp³-hybridized carbons (Fsp3) is 0.450. The molecular formula is C20H26O8S. The molecule has 1 aromatic carbocycles. The van der Waals surface area contributed by atoms with Gasteiger partial charge in [0.25, 0.3) is 0 Å². The molecule has 0 amide bonds. The monoisotopic (exact) mass is 426 g/mol. The molecule has 160 valence electrons. The number of sulfone groups is 1. The zero-order chi connectivity index (χ0) is 22.2.